The zero-order chi connectivity index (χ0) is 15.5. The predicted molar refractivity (Wildman–Crippen MR) is 79.6 cm³/mol. The molecule has 0 saturated carbocycles. The highest BCUT2D eigenvalue weighted by Crippen LogP contribution is 2.24. The lowest BCUT2D eigenvalue weighted by molar-refractivity contribution is -0.385. The number of rotatable bonds is 4. The van der Waals surface area contributed by atoms with Crippen molar-refractivity contribution in [1.29, 1.82) is 0 Å². The van der Waals surface area contributed by atoms with E-state index in [-0.39, 0.29) is 17.1 Å². The summed E-state index contributed by atoms with van der Waals surface area (Å²) in [6.07, 6.45) is 1.14. The average molecular weight is 345 g/mol. The second-order valence-electron chi connectivity index (χ2n) is 5.39. The SMILES string of the molecule is CC(Nc1ncc([N+](=O)[O-])cc1Br)C(=O)NC(C)(C)C. The van der Waals surface area contributed by atoms with Gasteiger partial charge in [-0.3, -0.25) is 14.9 Å². The van der Waals surface area contributed by atoms with E-state index in [0.29, 0.717) is 10.3 Å². The smallest absolute Gasteiger partial charge is 0.288 e. The molecular weight excluding hydrogens is 328 g/mol. The summed E-state index contributed by atoms with van der Waals surface area (Å²) < 4.78 is 0.433. The summed E-state index contributed by atoms with van der Waals surface area (Å²) in [5.74, 6) is 0.205. The van der Waals surface area contributed by atoms with Crippen molar-refractivity contribution in [2.24, 2.45) is 0 Å². The molecule has 0 spiro atoms. The van der Waals surface area contributed by atoms with Crippen LogP contribution in [0.5, 0.6) is 0 Å². The number of nitrogens with zero attached hydrogens (tertiary/aromatic N) is 2. The fourth-order valence-corrected chi connectivity index (χ4v) is 1.83. The molecule has 1 atom stereocenters. The van der Waals surface area contributed by atoms with Crippen LogP contribution in [0.1, 0.15) is 27.7 Å². The number of carbonyl (C=O) groups is 1. The molecule has 1 aromatic rings. The highest BCUT2D eigenvalue weighted by atomic mass is 79.9. The summed E-state index contributed by atoms with van der Waals surface area (Å²) in [6, 6.07) is 0.823. The third-order valence-electron chi connectivity index (χ3n) is 2.28. The van der Waals surface area contributed by atoms with Crippen LogP contribution in [0.25, 0.3) is 0 Å². The van der Waals surface area contributed by atoms with Crippen LogP contribution >= 0.6 is 15.9 Å². The summed E-state index contributed by atoms with van der Waals surface area (Å²) in [5.41, 5.74) is -0.443. The number of pyridine rings is 1. The lowest BCUT2D eigenvalue weighted by Gasteiger charge is -2.24. The molecule has 0 aromatic carbocycles. The van der Waals surface area contributed by atoms with E-state index >= 15 is 0 Å². The van der Waals surface area contributed by atoms with Crippen molar-refractivity contribution >= 4 is 33.3 Å². The van der Waals surface area contributed by atoms with E-state index in [9.17, 15) is 14.9 Å². The number of hydrogen-bond donors (Lipinski definition) is 2. The molecule has 0 aliphatic carbocycles. The highest BCUT2D eigenvalue weighted by Gasteiger charge is 2.20. The van der Waals surface area contributed by atoms with Crippen molar-refractivity contribution in [3.63, 3.8) is 0 Å². The second-order valence-corrected chi connectivity index (χ2v) is 6.24. The van der Waals surface area contributed by atoms with Crippen molar-refractivity contribution in [2.75, 3.05) is 5.32 Å². The Kier molecular flexibility index (Phi) is 5.04. The summed E-state index contributed by atoms with van der Waals surface area (Å²) in [6.45, 7) is 7.35. The van der Waals surface area contributed by atoms with Crippen molar-refractivity contribution in [3.8, 4) is 0 Å². The Balaban J connectivity index is 2.78. The molecule has 0 saturated heterocycles. The van der Waals surface area contributed by atoms with E-state index in [0.717, 1.165) is 6.20 Å². The maximum atomic E-state index is 11.9. The van der Waals surface area contributed by atoms with Gasteiger partial charge in [0.2, 0.25) is 5.91 Å². The molecular formula is C12H17BrN4O3. The van der Waals surface area contributed by atoms with Gasteiger partial charge >= 0.3 is 0 Å². The van der Waals surface area contributed by atoms with Crippen LogP contribution in [0.3, 0.4) is 0 Å². The number of aromatic nitrogens is 1. The van der Waals surface area contributed by atoms with Crippen LogP contribution in [-0.2, 0) is 4.79 Å². The van der Waals surface area contributed by atoms with Crippen LogP contribution < -0.4 is 10.6 Å². The average Bonchev–Trinajstić information content (AvgIpc) is 2.29. The van der Waals surface area contributed by atoms with Crippen LogP contribution in [-0.4, -0.2) is 27.4 Å². The second kappa shape index (κ2) is 6.17. The fraction of sp³-hybridized carbons (Fsp3) is 0.500. The van der Waals surface area contributed by atoms with E-state index < -0.39 is 11.0 Å². The van der Waals surface area contributed by atoms with Gasteiger partial charge in [0, 0.05) is 11.6 Å². The topological polar surface area (TPSA) is 97.2 Å². The molecule has 0 fully saturated rings. The minimum Gasteiger partial charge on any atom is -0.358 e. The number of amides is 1. The third kappa shape index (κ3) is 4.76. The number of halogens is 1. The first-order valence-electron chi connectivity index (χ1n) is 5.98. The summed E-state index contributed by atoms with van der Waals surface area (Å²) in [5, 5.41) is 16.4. The van der Waals surface area contributed by atoms with Gasteiger partial charge in [-0.1, -0.05) is 0 Å². The lowest BCUT2D eigenvalue weighted by Crippen LogP contribution is -2.47. The minimum absolute atomic E-state index is 0.116. The molecule has 0 bridgehead atoms. The number of nitro groups is 1. The van der Waals surface area contributed by atoms with Gasteiger partial charge in [0.1, 0.15) is 18.1 Å². The van der Waals surface area contributed by atoms with E-state index in [2.05, 4.69) is 31.5 Å². The molecule has 1 rings (SSSR count). The van der Waals surface area contributed by atoms with Gasteiger partial charge in [-0.25, -0.2) is 4.98 Å². The molecule has 0 aliphatic heterocycles. The third-order valence-corrected chi connectivity index (χ3v) is 2.89. The van der Waals surface area contributed by atoms with Gasteiger partial charge in [0.15, 0.2) is 0 Å². The maximum absolute atomic E-state index is 11.9. The van der Waals surface area contributed by atoms with Crippen molar-refractivity contribution in [1.82, 2.24) is 10.3 Å². The van der Waals surface area contributed by atoms with Gasteiger partial charge in [0.25, 0.3) is 5.69 Å². The van der Waals surface area contributed by atoms with E-state index in [4.69, 9.17) is 0 Å². The molecule has 1 unspecified atom stereocenters. The number of nitrogens with one attached hydrogen (secondary N) is 2. The zero-order valence-electron chi connectivity index (χ0n) is 11.7. The first-order valence-corrected chi connectivity index (χ1v) is 6.78. The molecule has 20 heavy (non-hydrogen) atoms. The van der Waals surface area contributed by atoms with E-state index in [1.54, 1.807) is 6.92 Å². The molecule has 1 aromatic heterocycles. The first-order chi connectivity index (χ1) is 9.10. The van der Waals surface area contributed by atoms with E-state index in [1.165, 1.54) is 6.07 Å². The van der Waals surface area contributed by atoms with Crippen LogP contribution in [0, 0.1) is 10.1 Å². The molecule has 8 heteroatoms. The number of anilines is 1. The molecule has 0 radical (unpaired) electrons. The summed E-state index contributed by atoms with van der Waals surface area (Å²) in [7, 11) is 0. The summed E-state index contributed by atoms with van der Waals surface area (Å²) >= 11 is 3.19. The van der Waals surface area contributed by atoms with Crippen molar-refractivity contribution in [3.05, 3.63) is 26.9 Å². The highest BCUT2D eigenvalue weighted by molar-refractivity contribution is 9.10. The number of carbonyl (C=O) groups excluding carboxylic acids is 1. The van der Waals surface area contributed by atoms with Crippen LogP contribution in [0.4, 0.5) is 11.5 Å². The van der Waals surface area contributed by atoms with Crippen molar-refractivity contribution in [2.45, 2.75) is 39.3 Å². The van der Waals surface area contributed by atoms with Gasteiger partial charge < -0.3 is 10.6 Å². The number of hydrogen-bond acceptors (Lipinski definition) is 5. The Morgan fingerprint density at radius 2 is 2.10 bits per heavy atom. The molecule has 1 heterocycles. The van der Waals surface area contributed by atoms with Gasteiger partial charge in [0.05, 0.1) is 9.40 Å². The Labute approximate surface area is 125 Å². The Morgan fingerprint density at radius 3 is 2.55 bits per heavy atom. The predicted octanol–water partition coefficient (Wildman–Crippen LogP) is 2.47. The van der Waals surface area contributed by atoms with Crippen molar-refractivity contribution < 1.29 is 9.72 Å². The van der Waals surface area contributed by atoms with Gasteiger partial charge in [-0.15, -0.1) is 0 Å². The van der Waals surface area contributed by atoms with Gasteiger partial charge in [-0.2, -0.15) is 0 Å². The molecule has 1 amide bonds. The summed E-state index contributed by atoms with van der Waals surface area (Å²) in [4.78, 5) is 25.9. The molecule has 2 N–H and O–H groups in total. The monoisotopic (exact) mass is 344 g/mol. The normalized spacial score (nSPS) is 12.7. The maximum Gasteiger partial charge on any atom is 0.288 e. The van der Waals surface area contributed by atoms with Gasteiger partial charge in [-0.05, 0) is 43.6 Å². The van der Waals surface area contributed by atoms with Crippen LogP contribution in [0.15, 0.2) is 16.7 Å². The largest absolute Gasteiger partial charge is 0.358 e. The first kappa shape index (κ1) is 16.4. The van der Waals surface area contributed by atoms with E-state index in [1.807, 2.05) is 20.8 Å². The Hall–Kier alpha value is -1.70. The lowest BCUT2D eigenvalue weighted by atomic mass is 10.1. The molecule has 0 aliphatic rings. The minimum atomic E-state index is -0.530. The molecule has 110 valence electrons. The van der Waals surface area contributed by atoms with Crippen LogP contribution in [0.2, 0.25) is 0 Å². The Morgan fingerprint density at radius 1 is 1.50 bits per heavy atom. The standard InChI is InChI=1S/C12H17BrN4O3/c1-7(11(18)16-12(2,3)4)15-10-9(13)5-8(6-14-10)17(19)20/h5-7H,1-4H3,(H,14,15)(H,16,18). The Bertz CT molecular complexity index is 528. The zero-order valence-corrected chi connectivity index (χ0v) is 13.3. The quantitative estimate of drug-likeness (QED) is 0.645. The fourth-order valence-electron chi connectivity index (χ4n) is 1.38. The molecule has 7 nitrogen and oxygen atoms in total.